The van der Waals surface area contributed by atoms with Crippen LogP contribution in [0.5, 0.6) is 0 Å². The average Bonchev–Trinajstić information content (AvgIpc) is 2.31. The summed E-state index contributed by atoms with van der Waals surface area (Å²) in [7, 11) is 4.22. The molecule has 0 spiro atoms. The van der Waals surface area contributed by atoms with E-state index >= 15 is 0 Å². The Hall–Kier alpha value is -0.860. The summed E-state index contributed by atoms with van der Waals surface area (Å²) in [6.45, 7) is 8.82. The Morgan fingerprint density at radius 1 is 1.18 bits per heavy atom. The van der Waals surface area contributed by atoms with E-state index in [1.807, 2.05) is 7.05 Å². The fraction of sp³-hybridized carbons (Fsp3) is 0.600. The SMILES string of the molecule is CNCC(C)C(C)N(C)Cc1ccc(C)cc1. The first-order valence-electron chi connectivity index (χ1n) is 6.45. The van der Waals surface area contributed by atoms with Gasteiger partial charge in [0.25, 0.3) is 0 Å². The Balaban J connectivity index is 2.53. The molecule has 2 atom stereocenters. The Morgan fingerprint density at radius 3 is 2.29 bits per heavy atom. The van der Waals surface area contributed by atoms with Crippen LogP contribution in [-0.2, 0) is 6.54 Å². The monoisotopic (exact) mass is 234 g/mol. The molecule has 0 heterocycles. The highest BCUT2D eigenvalue weighted by molar-refractivity contribution is 5.21. The van der Waals surface area contributed by atoms with Crippen LogP contribution in [0, 0.1) is 12.8 Å². The summed E-state index contributed by atoms with van der Waals surface area (Å²) in [4.78, 5) is 2.42. The number of aryl methyl sites for hydroxylation is 1. The van der Waals surface area contributed by atoms with Gasteiger partial charge in [-0.25, -0.2) is 0 Å². The van der Waals surface area contributed by atoms with E-state index in [0.29, 0.717) is 12.0 Å². The molecule has 0 bridgehead atoms. The van der Waals surface area contributed by atoms with Gasteiger partial charge in [0.1, 0.15) is 0 Å². The molecule has 96 valence electrons. The fourth-order valence-corrected chi connectivity index (χ4v) is 2.05. The molecular formula is C15H26N2. The molecule has 0 saturated heterocycles. The van der Waals surface area contributed by atoms with Gasteiger partial charge in [-0.1, -0.05) is 36.8 Å². The van der Waals surface area contributed by atoms with Crippen molar-refractivity contribution in [2.45, 2.75) is 33.4 Å². The zero-order valence-electron chi connectivity index (χ0n) is 11.8. The minimum absolute atomic E-state index is 0.587. The van der Waals surface area contributed by atoms with Crippen LogP contribution in [0.4, 0.5) is 0 Å². The molecule has 0 saturated carbocycles. The quantitative estimate of drug-likeness (QED) is 0.814. The Morgan fingerprint density at radius 2 is 1.76 bits per heavy atom. The lowest BCUT2D eigenvalue weighted by atomic mass is 10.0. The van der Waals surface area contributed by atoms with Gasteiger partial charge in [-0.2, -0.15) is 0 Å². The van der Waals surface area contributed by atoms with E-state index in [-0.39, 0.29) is 0 Å². The van der Waals surface area contributed by atoms with Crippen LogP contribution in [0.3, 0.4) is 0 Å². The Labute approximate surface area is 106 Å². The van der Waals surface area contributed by atoms with Crippen molar-refractivity contribution in [3.8, 4) is 0 Å². The summed E-state index contributed by atoms with van der Waals surface area (Å²) in [6, 6.07) is 9.40. The first kappa shape index (κ1) is 14.2. The molecule has 2 unspecified atom stereocenters. The third kappa shape index (κ3) is 4.49. The Bertz CT molecular complexity index is 318. The molecule has 0 radical (unpaired) electrons. The van der Waals surface area contributed by atoms with Crippen LogP contribution in [0.25, 0.3) is 0 Å². The number of benzene rings is 1. The first-order valence-corrected chi connectivity index (χ1v) is 6.45. The molecule has 1 N–H and O–H groups in total. The van der Waals surface area contributed by atoms with Crippen molar-refractivity contribution < 1.29 is 0 Å². The second kappa shape index (κ2) is 6.77. The van der Waals surface area contributed by atoms with Gasteiger partial charge in [0.2, 0.25) is 0 Å². The number of nitrogens with zero attached hydrogens (tertiary/aromatic N) is 1. The van der Waals surface area contributed by atoms with Crippen molar-refractivity contribution in [3.05, 3.63) is 35.4 Å². The lowest BCUT2D eigenvalue weighted by Crippen LogP contribution is -2.37. The normalized spacial score (nSPS) is 14.9. The maximum atomic E-state index is 3.25. The van der Waals surface area contributed by atoms with Gasteiger partial charge < -0.3 is 5.32 Å². The minimum Gasteiger partial charge on any atom is -0.319 e. The molecule has 1 aromatic carbocycles. The molecule has 0 aliphatic carbocycles. The van der Waals surface area contributed by atoms with Crippen LogP contribution >= 0.6 is 0 Å². The number of hydrogen-bond acceptors (Lipinski definition) is 2. The third-order valence-electron chi connectivity index (χ3n) is 3.60. The van der Waals surface area contributed by atoms with Gasteiger partial charge in [0.05, 0.1) is 0 Å². The summed E-state index contributed by atoms with van der Waals surface area (Å²) in [5.41, 5.74) is 2.72. The van der Waals surface area contributed by atoms with Crippen molar-refractivity contribution in [2.75, 3.05) is 20.6 Å². The predicted molar refractivity (Wildman–Crippen MR) is 75.2 cm³/mol. The second-order valence-corrected chi connectivity index (χ2v) is 5.18. The molecule has 2 heteroatoms. The van der Waals surface area contributed by atoms with Crippen molar-refractivity contribution in [3.63, 3.8) is 0 Å². The smallest absolute Gasteiger partial charge is 0.0233 e. The van der Waals surface area contributed by atoms with E-state index < -0.39 is 0 Å². The van der Waals surface area contributed by atoms with Crippen LogP contribution in [0.2, 0.25) is 0 Å². The van der Waals surface area contributed by atoms with E-state index in [2.05, 4.69) is 62.3 Å². The standard InChI is InChI=1S/C15H26N2/c1-12-6-8-15(9-7-12)11-17(5)14(3)13(2)10-16-4/h6-9,13-14,16H,10-11H2,1-5H3. The zero-order valence-corrected chi connectivity index (χ0v) is 11.8. The van der Waals surface area contributed by atoms with Crippen molar-refractivity contribution >= 4 is 0 Å². The predicted octanol–water partition coefficient (Wildman–Crippen LogP) is 2.67. The van der Waals surface area contributed by atoms with Crippen molar-refractivity contribution in [1.82, 2.24) is 10.2 Å². The number of nitrogens with one attached hydrogen (secondary N) is 1. The van der Waals surface area contributed by atoms with Crippen molar-refractivity contribution in [2.24, 2.45) is 5.92 Å². The van der Waals surface area contributed by atoms with Gasteiger partial charge in [-0.3, -0.25) is 4.90 Å². The highest BCUT2D eigenvalue weighted by Gasteiger charge is 2.16. The first-order chi connectivity index (χ1) is 8.04. The largest absolute Gasteiger partial charge is 0.319 e. The number of hydrogen-bond donors (Lipinski definition) is 1. The van der Waals surface area contributed by atoms with E-state index in [1.54, 1.807) is 0 Å². The summed E-state index contributed by atoms with van der Waals surface area (Å²) in [5.74, 6) is 0.662. The maximum Gasteiger partial charge on any atom is 0.0233 e. The fourth-order valence-electron chi connectivity index (χ4n) is 2.05. The molecule has 0 amide bonds. The highest BCUT2D eigenvalue weighted by atomic mass is 15.1. The van der Waals surface area contributed by atoms with E-state index in [1.165, 1.54) is 11.1 Å². The van der Waals surface area contributed by atoms with Gasteiger partial charge in [-0.15, -0.1) is 0 Å². The van der Waals surface area contributed by atoms with Crippen LogP contribution in [0.15, 0.2) is 24.3 Å². The van der Waals surface area contributed by atoms with Crippen LogP contribution in [-0.4, -0.2) is 31.6 Å². The van der Waals surface area contributed by atoms with E-state index in [9.17, 15) is 0 Å². The maximum absolute atomic E-state index is 3.25. The average molecular weight is 234 g/mol. The summed E-state index contributed by atoms with van der Waals surface area (Å²) in [5, 5.41) is 3.25. The van der Waals surface area contributed by atoms with Crippen molar-refractivity contribution in [1.29, 1.82) is 0 Å². The molecule has 0 fully saturated rings. The van der Waals surface area contributed by atoms with Crippen LogP contribution in [0.1, 0.15) is 25.0 Å². The van der Waals surface area contributed by atoms with E-state index in [0.717, 1.165) is 13.1 Å². The molecular weight excluding hydrogens is 208 g/mol. The van der Waals surface area contributed by atoms with Gasteiger partial charge >= 0.3 is 0 Å². The van der Waals surface area contributed by atoms with E-state index in [4.69, 9.17) is 0 Å². The number of rotatable bonds is 6. The van der Waals surface area contributed by atoms with Gasteiger partial charge in [-0.05, 0) is 46.0 Å². The topological polar surface area (TPSA) is 15.3 Å². The molecule has 17 heavy (non-hydrogen) atoms. The zero-order chi connectivity index (χ0) is 12.8. The van der Waals surface area contributed by atoms with Crippen LogP contribution < -0.4 is 5.32 Å². The summed E-state index contributed by atoms with van der Waals surface area (Å²) >= 11 is 0. The molecule has 1 rings (SSSR count). The Kier molecular flexibility index (Phi) is 5.66. The molecule has 1 aromatic rings. The third-order valence-corrected chi connectivity index (χ3v) is 3.60. The van der Waals surface area contributed by atoms with Gasteiger partial charge in [0, 0.05) is 12.6 Å². The lowest BCUT2D eigenvalue weighted by Gasteiger charge is -2.29. The highest BCUT2D eigenvalue weighted by Crippen LogP contribution is 2.13. The summed E-state index contributed by atoms with van der Waals surface area (Å²) < 4.78 is 0. The molecule has 2 nitrogen and oxygen atoms in total. The second-order valence-electron chi connectivity index (χ2n) is 5.18. The molecule has 0 aromatic heterocycles. The molecule has 0 aliphatic heterocycles. The minimum atomic E-state index is 0.587. The molecule has 0 aliphatic rings. The summed E-state index contributed by atoms with van der Waals surface area (Å²) in [6.07, 6.45) is 0. The van der Waals surface area contributed by atoms with Gasteiger partial charge in [0.15, 0.2) is 0 Å². The lowest BCUT2D eigenvalue weighted by molar-refractivity contribution is 0.190.